The Hall–Kier alpha value is -4.07. The first kappa shape index (κ1) is 29.4. The number of hydrogen-bond donors (Lipinski definition) is 1. The van der Waals surface area contributed by atoms with Crippen LogP contribution in [0.15, 0.2) is 77.7 Å². The lowest BCUT2D eigenvalue weighted by Crippen LogP contribution is -2.46. The number of primary sulfonamides is 1. The fourth-order valence-electron chi connectivity index (χ4n) is 4.86. The number of nitrogens with two attached hydrogens (primary N) is 1. The second kappa shape index (κ2) is 11.7. The van der Waals surface area contributed by atoms with E-state index in [9.17, 15) is 26.0 Å². The van der Waals surface area contributed by atoms with Gasteiger partial charge in [0.25, 0.3) is 0 Å². The Labute approximate surface area is 240 Å². The quantitative estimate of drug-likeness (QED) is 0.299. The van der Waals surface area contributed by atoms with Crippen LogP contribution in [0.25, 0.3) is 22.4 Å². The summed E-state index contributed by atoms with van der Waals surface area (Å²) >= 11 is 0. The average molecular weight is 602 g/mol. The van der Waals surface area contributed by atoms with Crippen LogP contribution in [-0.2, 0) is 22.7 Å². The van der Waals surface area contributed by atoms with Crippen molar-refractivity contribution in [2.45, 2.75) is 17.6 Å². The van der Waals surface area contributed by atoms with E-state index in [0.717, 1.165) is 23.4 Å². The number of anilines is 1. The molecule has 0 aliphatic carbocycles. The fourth-order valence-corrected chi connectivity index (χ4v) is 5.42. The van der Waals surface area contributed by atoms with Crippen LogP contribution < -0.4 is 14.8 Å². The van der Waals surface area contributed by atoms with E-state index in [1.165, 1.54) is 30.3 Å². The molecule has 0 unspecified atom stereocenters. The number of benzene rings is 3. The third kappa shape index (κ3) is 6.53. The lowest BCUT2D eigenvalue weighted by atomic mass is 9.98. The summed E-state index contributed by atoms with van der Waals surface area (Å²) in [5, 5.41) is 5.36. The Morgan fingerprint density at radius 3 is 2.24 bits per heavy atom. The topological polar surface area (TPSA) is 102 Å². The van der Waals surface area contributed by atoms with Crippen molar-refractivity contribution in [1.29, 1.82) is 0 Å². The minimum atomic E-state index is -4.88. The van der Waals surface area contributed by atoms with E-state index in [0.29, 0.717) is 32.7 Å². The lowest BCUT2D eigenvalue weighted by molar-refractivity contribution is -0.144. The first-order chi connectivity index (χ1) is 19.9. The Balaban J connectivity index is 1.60. The predicted octanol–water partition coefficient (Wildman–Crippen LogP) is 4.95. The number of halogens is 4. The molecule has 4 aromatic rings. The van der Waals surface area contributed by atoms with Crippen LogP contribution in [0.2, 0.25) is 0 Å². The lowest BCUT2D eigenvalue weighted by Gasteiger charge is -2.36. The van der Waals surface area contributed by atoms with Gasteiger partial charge in [-0.3, -0.25) is 4.90 Å². The minimum absolute atomic E-state index is 0.00995. The summed E-state index contributed by atoms with van der Waals surface area (Å²) in [6.07, 6.45) is -4.88. The average Bonchev–Trinajstić information content (AvgIpc) is 2.96. The maximum Gasteiger partial charge on any atom is 0.451 e. The Morgan fingerprint density at radius 2 is 1.60 bits per heavy atom. The molecule has 0 amide bonds. The zero-order chi connectivity index (χ0) is 30.1. The van der Waals surface area contributed by atoms with Crippen molar-refractivity contribution in [3.8, 4) is 28.1 Å². The van der Waals surface area contributed by atoms with Crippen molar-refractivity contribution in [3.63, 3.8) is 0 Å². The summed E-state index contributed by atoms with van der Waals surface area (Å²) in [5.74, 6) is -1.22. The van der Waals surface area contributed by atoms with Crippen LogP contribution in [0.5, 0.6) is 5.75 Å². The third-order valence-corrected chi connectivity index (χ3v) is 7.84. The van der Waals surface area contributed by atoms with Gasteiger partial charge in [0.05, 0.1) is 23.3 Å². The van der Waals surface area contributed by atoms with Gasteiger partial charge in [0, 0.05) is 38.3 Å². The maximum absolute atomic E-state index is 14.1. The molecule has 2 N–H and O–H groups in total. The van der Waals surface area contributed by atoms with Gasteiger partial charge < -0.3 is 9.64 Å². The van der Waals surface area contributed by atoms with Crippen molar-refractivity contribution in [2.75, 3.05) is 38.2 Å². The van der Waals surface area contributed by atoms with Gasteiger partial charge in [-0.2, -0.15) is 13.2 Å². The van der Waals surface area contributed by atoms with Crippen molar-refractivity contribution < 1.29 is 30.7 Å². The van der Waals surface area contributed by atoms with Gasteiger partial charge in [0.15, 0.2) is 0 Å². The standard InChI is InChI=1S/C29H27F4N5O3S/c1-41-23-6-2-4-19(16-23)18-37-12-14-38(15-13-37)27-25(21-5-3-7-24(17-21)42(34,39)40)26(20-8-10-22(30)11-9-20)35-28(36-27)29(31,32)33/h2-11,16-17H,12-15,18H2,1H3,(H2,34,39,40). The number of rotatable bonds is 7. The van der Waals surface area contributed by atoms with E-state index in [2.05, 4.69) is 14.9 Å². The molecular formula is C29H27F4N5O3S. The number of nitrogens with zero attached hydrogens (tertiary/aromatic N) is 4. The summed E-state index contributed by atoms with van der Waals surface area (Å²) in [7, 11) is -2.54. The molecule has 0 radical (unpaired) electrons. The summed E-state index contributed by atoms with van der Waals surface area (Å²) in [6, 6.07) is 18.1. The number of sulfonamides is 1. The van der Waals surface area contributed by atoms with Crippen LogP contribution in [0, 0.1) is 5.82 Å². The van der Waals surface area contributed by atoms with E-state index in [4.69, 9.17) is 9.88 Å². The van der Waals surface area contributed by atoms with E-state index >= 15 is 0 Å². The van der Waals surface area contributed by atoms with Crippen molar-refractivity contribution in [1.82, 2.24) is 14.9 Å². The number of alkyl halides is 3. The molecule has 2 heterocycles. The zero-order valence-electron chi connectivity index (χ0n) is 22.5. The Kier molecular flexibility index (Phi) is 8.17. The molecule has 1 aliphatic rings. The molecule has 1 aromatic heterocycles. The molecule has 42 heavy (non-hydrogen) atoms. The molecule has 1 saturated heterocycles. The number of hydrogen-bond acceptors (Lipinski definition) is 7. The Bertz CT molecular complexity index is 1690. The zero-order valence-corrected chi connectivity index (χ0v) is 23.3. The second-order valence-electron chi connectivity index (χ2n) is 9.79. The van der Waals surface area contributed by atoms with Crippen LogP contribution in [0.1, 0.15) is 11.4 Å². The maximum atomic E-state index is 14.1. The van der Waals surface area contributed by atoms with Crippen molar-refractivity contribution in [3.05, 3.63) is 90.0 Å². The largest absolute Gasteiger partial charge is 0.497 e. The van der Waals surface area contributed by atoms with Gasteiger partial charge in [-0.05, 0) is 59.7 Å². The highest BCUT2D eigenvalue weighted by Crippen LogP contribution is 2.41. The highest BCUT2D eigenvalue weighted by molar-refractivity contribution is 7.89. The third-order valence-electron chi connectivity index (χ3n) is 6.92. The highest BCUT2D eigenvalue weighted by Gasteiger charge is 2.38. The van der Waals surface area contributed by atoms with Crippen LogP contribution in [0.3, 0.4) is 0 Å². The Morgan fingerprint density at radius 1 is 0.905 bits per heavy atom. The van der Waals surface area contributed by atoms with Gasteiger partial charge in [-0.15, -0.1) is 0 Å². The van der Waals surface area contributed by atoms with E-state index in [1.54, 1.807) is 18.1 Å². The van der Waals surface area contributed by atoms with Gasteiger partial charge in [0.1, 0.15) is 17.4 Å². The monoisotopic (exact) mass is 601 g/mol. The minimum Gasteiger partial charge on any atom is -0.497 e. The van der Waals surface area contributed by atoms with Crippen LogP contribution in [0.4, 0.5) is 23.4 Å². The fraction of sp³-hybridized carbons (Fsp3) is 0.241. The normalized spacial score (nSPS) is 14.7. The van der Waals surface area contributed by atoms with Crippen molar-refractivity contribution in [2.24, 2.45) is 5.14 Å². The van der Waals surface area contributed by atoms with Crippen LogP contribution >= 0.6 is 0 Å². The van der Waals surface area contributed by atoms with Gasteiger partial charge >= 0.3 is 6.18 Å². The van der Waals surface area contributed by atoms with Gasteiger partial charge in [-0.1, -0.05) is 24.3 Å². The summed E-state index contributed by atoms with van der Waals surface area (Å²) < 4.78 is 85.6. The van der Waals surface area contributed by atoms with Gasteiger partial charge in [0.2, 0.25) is 15.8 Å². The number of methoxy groups -OCH3 is 1. The molecule has 1 fully saturated rings. The van der Waals surface area contributed by atoms with E-state index in [-0.39, 0.29) is 33.1 Å². The first-order valence-electron chi connectivity index (χ1n) is 12.9. The number of piperazine rings is 1. The van der Waals surface area contributed by atoms with Gasteiger partial charge in [-0.25, -0.2) is 27.9 Å². The predicted molar refractivity (Wildman–Crippen MR) is 150 cm³/mol. The summed E-state index contributed by atoms with van der Waals surface area (Å²) in [5.41, 5.74) is 1.56. The first-order valence-corrected chi connectivity index (χ1v) is 14.5. The van der Waals surface area contributed by atoms with Crippen LogP contribution in [-0.4, -0.2) is 56.6 Å². The molecule has 1 aliphatic heterocycles. The van der Waals surface area contributed by atoms with E-state index < -0.39 is 27.8 Å². The number of aromatic nitrogens is 2. The summed E-state index contributed by atoms with van der Waals surface area (Å²) in [4.78, 5) is 11.5. The molecule has 220 valence electrons. The highest BCUT2D eigenvalue weighted by atomic mass is 32.2. The molecule has 0 saturated carbocycles. The SMILES string of the molecule is COc1cccc(CN2CCN(c3nc(C(F)(F)F)nc(-c4ccc(F)cc4)c3-c3cccc(S(N)(=O)=O)c3)CC2)c1. The second-order valence-corrected chi connectivity index (χ2v) is 11.3. The van der Waals surface area contributed by atoms with Crippen molar-refractivity contribution >= 4 is 15.8 Å². The van der Waals surface area contributed by atoms with E-state index in [1.807, 2.05) is 24.3 Å². The summed E-state index contributed by atoms with van der Waals surface area (Å²) in [6.45, 7) is 2.33. The molecule has 8 nitrogen and oxygen atoms in total. The molecule has 0 bridgehead atoms. The molecular weight excluding hydrogens is 574 g/mol. The molecule has 13 heteroatoms. The molecule has 3 aromatic carbocycles. The smallest absolute Gasteiger partial charge is 0.451 e. The molecule has 0 spiro atoms. The molecule has 0 atom stereocenters. The molecule has 5 rings (SSSR count). The number of ether oxygens (including phenoxy) is 1.